The number of nitrogens with one attached hydrogen (secondary N) is 1. The highest BCUT2D eigenvalue weighted by Gasteiger charge is 2.22. The van der Waals surface area contributed by atoms with E-state index in [4.69, 9.17) is 0 Å². The Morgan fingerprint density at radius 2 is 1.46 bits per heavy atom. The average molecular weight is 397 g/mol. The molecule has 142 valence electrons. The molecule has 0 unspecified atom stereocenters. The lowest BCUT2D eigenvalue weighted by molar-refractivity contribution is 0.445. The second-order valence-electron chi connectivity index (χ2n) is 5.99. The topological polar surface area (TPSA) is 83.6 Å². The molecule has 2 aromatic rings. The highest BCUT2D eigenvalue weighted by molar-refractivity contribution is 7.92. The summed E-state index contributed by atoms with van der Waals surface area (Å²) < 4.78 is 54.0. The minimum atomic E-state index is -3.74. The maximum Gasteiger partial charge on any atom is 0.262 e. The molecule has 0 radical (unpaired) electrons. The van der Waals surface area contributed by atoms with E-state index in [0.717, 1.165) is 5.56 Å². The second kappa shape index (κ2) is 7.77. The van der Waals surface area contributed by atoms with Crippen molar-refractivity contribution in [2.45, 2.75) is 37.5 Å². The predicted octanol–water partition coefficient (Wildman–Crippen LogP) is 3.13. The van der Waals surface area contributed by atoms with Crippen LogP contribution in [-0.2, 0) is 20.0 Å². The van der Waals surface area contributed by atoms with Gasteiger partial charge in [-0.15, -0.1) is 0 Å². The van der Waals surface area contributed by atoms with Gasteiger partial charge in [0, 0.05) is 18.8 Å². The first kappa shape index (κ1) is 20.4. The van der Waals surface area contributed by atoms with Gasteiger partial charge in [0.1, 0.15) is 0 Å². The largest absolute Gasteiger partial charge is 0.280 e. The molecule has 0 aliphatic heterocycles. The Balaban J connectivity index is 2.29. The van der Waals surface area contributed by atoms with Crippen molar-refractivity contribution in [2.75, 3.05) is 17.8 Å². The van der Waals surface area contributed by atoms with Gasteiger partial charge >= 0.3 is 0 Å². The highest BCUT2D eigenvalue weighted by Crippen LogP contribution is 2.22. The van der Waals surface area contributed by atoms with Crippen molar-refractivity contribution >= 4 is 25.7 Å². The van der Waals surface area contributed by atoms with E-state index in [1.807, 2.05) is 6.92 Å². The van der Waals surface area contributed by atoms with Crippen LogP contribution in [0.4, 0.5) is 5.69 Å². The van der Waals surface area contributed by atoms with Crippen LogP contribution in [0.2, 0.25) is 0 Å². The Bertz CT molecular complexity index is 978. The zero-order valence-electron chi connectivity index (χ0n) is 15.4. The van der Waals surface area contributed by atoms with Crippen LogP contribution >= 0.6 is 0 Å². The first-order valence-corrected chi connectivity index (χ1v) is 11.2. The number of rotatable bonds is 7. The van der Waals surface area contributed by atoms with Crippen LogP contribution in [0.1, 0.15) is 25.0 Å². The SMILES string of the molecule is CCN(CC)S(=O)(=O)c1ccc(NS(=O)(=O)c2ccc(C)cc2C)cc1. The summed E-state index contributed by atoms with van der Waals surface area (Å²) in [5.41, 5.74) is 1.94. The Hall–Kier alpha value is -1.90. The third-order valence-electron chi connectivity index (χ3n) is 4.07. The summed E-state index contributed by atoms with van der Waals surface area (Å²) in [6.07, 6.45) is 0. The number of hydrogen-bond acceptors (Lipinski definition) is 4. The van der Waals surface area contributed by atoms with Crippen molar-refractivity contribution in [3.8, 4) is 0 Å². The molecular formula is C18H24N2O4S2. The molecule has 2 rings (SSSR count). The smallest absolute Gasteiger partial charge is 0.262 e. The predicted molar refractivity (Wildman–Crippen MR) is 103 cm³/mol. The van der Waals surface area contributed by atoms with Crippen molar-refractivity contribution in [1.82, 2.24) is 4.31 Å². The average Bonchev–Trinajstić information content (AvgIpc) is 2.55. The first-order valence-electron chi connectivity index (χ1n) is 8.32. The molecule has 0 saturated heterocycles. The van der Waals surface area contributed by atoms with Gasteiger partial charge < -0.3 is 0 Å². The van der Waals surface area contributed by atoms with E-state index in [-0.39, 0.29) is 9.79 Å². The minimum Gasteiger partial charge on any atom is -0.280 e. The summed E-state index contributed by atoms with van der Waals surface area (Å²) in [5.74, 6) is 0. The number of hydrogen-bond donors (Lipinski definition) is 1. The van der Waals surface area contributed by atoms with Crippen LogP contribution in [0.5, 0.6) is 0 Å². The van der Waals surface area contributed by atoms with Crippen LogP contribution in [-0.4, -0.2) is 34.2 Å². The third-order valence-corrected chi connectivity index (χ3v) is 7.68. The fourth-order valence-corrected chi connectivity index (χ4v) is 5.46. The summed E-state index contributed by atoms with van der Waals surface area (Å²) in [5, 5.41) is 0. The Kier molecular flexibility index (Phi) is 6.10. The molecule has 0 heterocycles. The summed E-state index contributed by atoms with van der Waals surface area (Å²) in [6.45, 7) is 7.92. The van der Waals surface area contributed by atoms with Gasteiger partial charge in [-0.2, -0.15) is 4.31 Å². The fourth-order valence-electron chi connectivity index (χ4n) is 2.72. The molecule has 26 heavy (non-hydrogen) atoms. The van der Waals surface area contributed by atoms with Gasteiger partial charge in [0.05, 0.1) is 9.79 Å². The summed E-state index contributed by atoms with van der Waals surface area (Å²) in [4.78, 5) is 0.332. The van der Waals surface area contributed by atoms with Crippen LogP contribution < -0.4 is 4.72 Å². The molecule has 0 fully saturated rings. The van der Waals surface area contributed by atoms with Crippen molar-refractivity contribution in [3.05, 3.63) is 53.6 Å². The van der Waals surface area contributed by atoms with Gasteiger partial charge in [0.15, 0.2) is 0 Å². The van der Waals surface area contributed by atoms with Crippen molar-refractivity contribution in [3.63, 3.8) is 0 Å². The maximum atomic E-state index is 12.6. The lowest BCUT2D eigenvalue weighted by Gasteiger charge is -2.18. The molecule has 0 amide bonds. The Labute approximate surface area is 156 Å². The number of aryl methyl sites for hydroxylation is 2. The zero-order chi connectivity index (χ0) is 19.5. The van der Waals surface area contributed by atoms with Gasteiger partial charge in [-0.25, -0.2) is 16.8 Å². The molecular weight excluding hydrogens is 372 g/mol. The highest BCUT2D eigenvalue weighted by atomic mass is 32.2. The van der Waals surface area contributed by atoms with Crippen molar-refractivity contribution < 1.29 is 16.8 Å². The molecule has 6 nitrogen and oxygen atoms in total. The fraction of sp³-hybridized carbons (Fsp3) is 0.333. The van der Waals surface area contributed by atoms with Crippen molar-refractivity contribution in [2.24, 2.45) is 0 Å². The zero-order valence-corrected chi connectivity index (χ0v) is 17.0. The standard InChI is InChI=1S/C18H24N2O4S2/c1-5-20(6-2)26(23,24)17-10-8-16(9-11-17)19-25(21,22)18-12-7-14(3)13-15(18)4/h7-13,19H,5-6H2,1-4H3. The van der Waals surface area contributed by atoms with Gasteiger partial charge in [0.25, 0.3) is 10.0 Å². The molecule has 1 N–H and O–H groups in total. The molecule has 8 heteroatoms. The van der Waals surface area contributed by atoms with Crippen LogP contribution in [0.3, 0.4) is 0 Å². The molecule has 0 bridgehead atoms. The van der Waals surface area contributed by atoms with E-state index >= 15 is 0 Å². The van der Waals surface area contributed by atoms with E-state index in [1.165, 1.54) is 28.6 Å². The number of sulfonamides is 2. The van der Waals surface area contributed by atoms with Crippen molar-refractivity contribution in [1.29, 1.82) is 0 Å². The molecule has 2 aromatic carbocycles. The monoisotopic (exact) mass is 396 g/mol. The van der Waals surface area contributed by atoms with Crippen LogP contribution in [0, 0.1) is 13.8 Å². The summed E-state index contributed by atoms with van der Waals surface area (Å²) in [7, 11) is -7.31. The van der Waals surface area contributed by atoms with Crippen LogP contribution in [0.15, 0.2) is 52.3 Å². The third kappa shape index (κ3) is 4.25. The summed E-state index contributed by atoms with van der Waals surface area (Å²) >= 11 is 0. The number of benzene rings is 2. The van der Waals surface area contributed by atoms with E-state index < -0.39 is 20.0 Å². The van der Waals surface area contributed by atoms with Gasteiger partial charge in [-0.3, -0.25) is 4.72 Å². The molecule has 0 saturated carbocycles. The van der Waals surface area contributed by atoms with Gasteiger partial charge in [-0.05, 0) is 49.7 Å². The molecule has 0 aromatic heterocycles. The normalized spacial score (nSPS) is 12.3. The Morgan fingerprint density at radius 3 is 1.96 bits per heavy atom. The van der Waals surface area contributed by atoms with Gasteiger partial charge in [0.2, 0.25) is 10.0 Å². The minimum absolute atomic E-state index is 0.135. The number of nitrogens with zero attached hydrogens (tertiary/aromatic N) is 1. The maximum absolute atomic E-state index is 12.6. The summed E-state index contributed by atoms with van der Waals surface area (Å²) in [6, 6.07) is 10.8. The molecule has 0 spiro atoms. The van der Waals surface area contributed by atoms with E-state index in [9.17, 15) is 16.8 Å². The molecule has 0 aliphatic rings. The lowest BCUT2D eigenvalue weighted by Crippen LogP contribution is -2.30. The Morgan fingerprint density at radius 1 is 0.885 bits per heavy atom. The van der Waals surface area contributed by atoms with E-state index in [1.54, 1.807) is 39.0 Å². The number of anilines is 1. The van der Waals surface area contributed by atoms with Crippen LogP contribution in [0.25, 0.3) is 0 Å². The molecule has 0 atom stereocenters. The lowest BCUT2D eigenvalue weighted by atomic mass is 10.2. The van der Waals surface area contributed by atoms with Gasteiger partial charge in [-0.1, -0.05) is 31.5 Å². The van der Waals surface area contributed by atoms with E-state index in [0.29, 0.717) is 24.3 Å². The molecule has 0 aliphatic carbocycles. The van der Waals surface area contributed by atoms with E-state index in [2.05, 4.69) is 4.72 Å². The quantitative estimate of drug-likeness (QED) is 0.779. The second-order valence-corrected chi connectivity index (χ2v) is 9.58. The first-order chi connectivity index (χ1) is 12.1.